The number of fused-ring (bicyclic) bond motifs is 3. The van der Waals surface area contributed by atoms with Gasteiger partial charge < -0.3 is 4.40 Å². The van der Waals surface area contributed by atoms with Gasteiger partial charge in [-0.15, -0.1) is 0 Å². The van der Waals surface area contributed by atoms with E-state index in [2.05, 4.69) is 0 Å². The molecular formula is C17H11ClN2O. The Bertz CT molecular complexity index is 1010. The first-order valence-electron chi connectivity index (χ1n) is 6.62. The third-order valence-electron chi connectivity index (χ3n) is 3.64. The highest BCUT2D eigenvalue weighted by Gasteiger charge is 2.11. The van der Waals surface area contributed by atoms with Crippen molar-refractivity contribution in [2.45, 2.75) is 0 Å². The molecule has 2 heterocycles. The molecule has 0 spiro atoms. The molecular weight excluding hydrogens is 284 g/mol. The van der Waals surface area contributed by atoms with Gasteiger partial charge in [0.2, 0.25) is 0 Å². The molecule has 0 saturated heterocycles. The zero-order chi connectivity index (χ0) is 14.4. The zero-order valence-electron chi connectivity index (χ0n) is 11.0. The van der Waals surface area contributed by atoms with Crippen LogP contribution in [0.4, 0.5) is 0 Å². The number of para-hydroxylation sites is 2. The molecule has 0 aliphatic heterocycles. The van der Waals surface area contributed by atoms with Crippen LogP contribution in [0.3, 0.4) is 0 Å². The van der Waals surface area contributed by atoms with Gasteiger partial charge >= 0.3 is 0 Å². The second-order valence-electron chi connectivity index (χ2n) is 4.87. The predicted octanol–water partition coefficient (Wildman–Crippen LogP) is 3.90. The third kappa shape index (κ3) is 1.78. The maximum Gasteiger partial charge on any atom is 0.279 e. The van der Waals surface area contributed by atoms with Crippen LogP contribution in [-0.2, 0) is 0 Å². The van der Waals surface area contributed by atoms with Crippen molar-refractivity contribution in [3.63, 3.8) is 0 Å². The molecule has 2 aromatic heterocycles. The largest absolute Gasteiger partial charge is 0.310 e. The van der Waals surface area contributed by atoms with Crippen LogP contribution in [-0.4, -0.2) is 8.97 Å². The van der Waals surface area contributed by atoms with E-state index in [4.69, 9.17) is 11.6 Å². The molecule has 0 unspecified atom stereocenters. The van der Waals surface area contributed by atoms with Crippen LogP contribution in [0.2, 0.25) is 5.02 Å². The molecule has 21 heavy (non-hydrogen) atoms. The smallest absolute Gasteiger partial charge is 0.279 e. The summed E-state index contributed by atoms with van der Waals surface area (Å²) in [6.45, 7) is 0. The molecule has 4 heteroatoms. The van der Waals surface area contributed by atoms with Crippen LogP contribution >= 0.6 is 11.6 Å². The topological polar surface area (TPSA) is 26.4 Å². The van der Waals surface area contributed by atoms with Crippen LogP contribution in [0.25, 0.3) is 22.2 Å². The highest BCUT2D eigenvalue weighted by Crippen LogP contribution is 2.20. The van der Waals surface area contributed by atoms with Gasteiger partial charge in [0.1, 0.15) is 5.52 Å². The van der Waals surface area contributed by atoms with Crippen molar-refractivity contribution >= 4 is 28.2 Å². The third-order valence-corrected chi connectivity index (χ3v) is 3.89. The van der Waals surface area contributed by atoms with E-state index < -0.39 is 0 Å². The van der Waals surface area contributed by atoms with Crippen LogP contribution in [0.5, 0.6) is 0 Å². The molecule has 0 N–H and O–H groups in total. The van der Waals surface area contributed by atoms with Gasteiger partial charge in [0.25, 0.3) is 5.56 Å². The Morgan fingerprint density at radius 3 is 2.19 bits per heavy atom. The summed E-state index contributed by atoms with van der Waals surface area (Å²) in [5.74, 6) is 0. The normalized spacial score (nSPS) is 11.3. The molecule has 102 valence electrons. The summed E-state index contributed by atoms with van der Waals surface area (Å²) in [5.41, 5.74) is 3.29. The maximum atomic E-state index is 12.8. The number of halogens is 1. The number of benzene rings is 2. The average molecular weight is 295 g/mol. The lowest BCUT2D eigenvalue weighted by Gasteiger charge is -2.12. The molecule has 0 fully saturated rings. The minimum atomic E-state index is -0.0407. The second-order valence-corrected chi connectivity index (χ2v) is 5.31. The summed E-state index contributed by atoms with van der Waals surface area (Å²) in [7, 11) is 0. The van der Waals surface area contributed by atoms with Gasteiger partial charge in [0.15, 0.2) is 0 Å². The lowest BCUT2D eigenvalue weighted by atomic mass is 10.2. The minimum absolute atomic E-state index is 0.0407. The molecule has 2 aromatic carbocycles. The molecule has 0 saturated carbocycles. The second kappa shape index (κ2) is 4.50. The van der Waals surface area contributed by atoms with E-state index in [1.807, 2.05) is 59.1 Å². The lowest BCUT2D eigenvalue weighted by molar-refractivity contribution is 1.02. The minimum Gasteiger partial charge on any atom is -0.310 e. The van der Waals surface area contributed by atoms with Crippen LogP contribution in [0.1, 0.15) is 0 Å². The molecule has 0 amide bonds. The molecule has 4 rings (SSSR count). The number of rotatable bonds is 1. The van der Waals surface area contributed by atoms with Gasteiger partial charge in [0, 0.05) is 16.9 Å². The van der Waals surface area contributed by atoms with E-state index in [9.17, 15) is 4.79 Å². The van der Waals surface area contributed by atoms with Gasteiger partial charge in [-0.1, -0.05) is 23.7 Å². The Balaban J connectivity index is 2.22. The molecule has 0 atom stereocenters. The van der Waals surface area contributed by atoms with Crippen molar-refractivity contribution < 1.29 is 0 Å². The monoisotopic (exact) mass is 294 g/mol. The van der Waals surface area contributed by atoms with Gasteiger partial charge in [-0.25, -0.2) is 0 Å². The molecule has 0 aliphatic rings. The number of hydrogen-bond donors (Lipinski definition) is 0. The van der Waals surface area contributed by atoms with E-state index in [1.54, 1.807) is 16.7 Å². The first kappa shape index (κ1) is 12.2. The molecule has 0 bridgehead atoms. The van der Waals surface area contributed by atoms with Crippen LogP contribution in [0, 0.1) is 0 Å². The summed E-state index contributed by atoms with van der Waals surface area (Å²) >= 11 is 5.94. The zero-order valence-corrected chi connectivity index (χ0v) is 11.8. The highest BCUT2D eigenvalue weighted by molar-refractivity contribution is 6.30. The molecule has 0 radical (unpaired) electrons. The highest BCUT2D eigenvalue weighted by atomic mass is 35.5. The van der Waals surface area contributed by atoms with Crippen molar-refractivity contribution in [1.29, 1.82) is 0 Å². The summed E-state index contributed by atoms with van der Waals surface area (Å²) < 4.78 is 3.64. The Morgan fingerprint density at radius 2 is 1.43 bits per heavy atom. The Hall–Kier alpha value is -2.52. The first-order valence-corrected chi connectivity index (χ1v) is 7.00. The summed E-state index contributed by atoms with van der Waals surface area (Å²) in [5, 5.41) is 0.653. The first-order chi connectivity index (χ1) is 10.3. The van der Waals surface area contributed by atoms with Gasteiger partial charge in [-0.3, -0.25) is 9.36 Å². The number of nitrogens with zero attached hydrogens (tertiary/aromatic N) is 2. The van der Waals surface area contributed by atoms with Gasteiger partial charge in [0.05, 0.1) is 11.0 Å². The number of aromatic nitrogens is 2. The fourth-order valence-corrected chi connectivity index (χ4v) is 2.82. The van der Waals surface area contributed by atoms with Gasteiger partial charge in [-0.05, 0) is 48.5 Å². The Labute approximate surface area is 125 Å². The Kier molecular flexibility index (Phi) is 2.62. The van der Waals surface area contributed by atoms with Crippen molar-refractivity contribution in [2.24, 2.45) is 0 Å². The standard InChI is InChI=1S/C17H11ClN2O/c18-12-7-9-13(10-8-12)20-15-5-2-1-4-14(15)19-11-3-6-16(19)17(20)21/h1-11H. The van der Waals surface area contributed by atoms with E-state index in [0.29, 0.717) is 10.5 Å². The van der Waals surface area contributed by atoms with Crippen LogP contribution < -0.4 is 5.56 Å². The van der Waals surface area contributed by atoms with Crippen molar-refractivity contribution in [1.82, 2.24) is 8.97 Å². The van der Waals surface area contributed by atoms with E-state index in [0.717, 1.165) is 16.7 Å². The van der Waals surface area contributed by atoms with E-state index in [1.165, 1.54) is 0 Å². The predicted molar refractivity (Wildman–Crippen MR) is 85.5 cm³/mol. The van der Waals surface area contributed by atoms with Crippen molar-refractivity contribution in [2.75, 3.05) is 0 Å². The van der Waals surface area contributed by atoms with Gasteiger partial charge in [-0.2, -0.15) is 0 Å². The lowest BCUT2D eigenvalue weighted by Crippen LogP contribution is -2.20. The van der Waals surface area contributed by atoms with Crippen LogP contribution in [0.15, 0.2) is 71.7 Å². The molecule has 3 nitrogen and oxygen atoms in total. The SMILES string of the molecule is O=c1c2cccn2c2ccccc2n1-c1ccc(Cl)cc1. The average Bonchev–Trinajstić information content (AvgIpc) is 2.99. The quantitative estimate of drug-likeness (QED) is 0.523. The van der Waals surface area contributed by atoms with Crippen molar-refractivity contribution in [3.05, 3.63) is 82.2 Å². The number of hydrogen-bond acceptors (Lipinski definition) is 1. The van der Waals surface area contributed by atoms with E-state index in [-0.39, 0.29) is 5.56 Å². The van der Waals surface area contributed by atoms with E-state index >= 15 is 0 Å². The summed E-state index contributed by atoms with van der Waals surface area (Å²) in [6, 6.07) is 18.9. The summed E-state index contributed by atoms with van der Waals surface area (Å²) in [4.78, 5) is 12.8. The molecule has 4 aromatic rings. The Morgan fingerprint density at radius 1 is 0.762 bits per heavy atom. The summed E-state index contributed by atoms with van der Waals surface area (Å²) in [6.07, 6.45) is 1.91. The van der Waals surface area contributed by atoms with Crippen molar-refractivity contribution in [3.8, 4) is 5.69 Å². The molecule has 0 aliphatic carbocycles. The maximum absolute atomic E-state index is 12.8. The fourth-order valence-electron chi connectivity index (χ4n) is 2.69. The fraction of sp³-hybridized carbons (Fsp3) is 0.